The summed E-state index contributed by atoms with van der Waals surface area (Å²) in [7, 11) is 0. The zero-order valence-electron chi connectivity index (χ0n) is 17.0. The number of benzene rings is 2. The maximum atomic E-state index is 12.7. The average Bonchev–Trinajstić information content (AvgIpc) is 2.67. The molecule has 0 spiro atoms. The van der Waals surface area contributed by atoms with Crippen molar-refractivity contribution in [2.45, 2.75) is 45.1 Å². The maximum absolute atomic E-state index is 12.7. The summed E-state index contributed by atoms with van der Waals surface area (Å²) in [6, 6.07) is 12.7. The van der Waals surface area contributed by atoms with E-state index in [0.717, 1.165) is 0 Å². The molecule has 1 aliphatic heterocycles. The van der Waals surface area contributed by atoms with Crippen LogP contribution < -0.4 is 5.32 Å². The predicted octanol–water partition coefficient (Wildman–Crippen LogP) is 5.33. The quantitative estimate of drug-likeness (QED) is 0.712. The van der Waals surface area contributed by atoms with E-state index in [9.17, 15) is 9.59 Å². The van der Waals surface area contributed by atoms with Gasteiger partial charge in [-0.1, -0.05) is 56.1 Å². The Morgan fingerprint density at radius 2 is 1.62 bits per heavy atom. The van der Waals surface area contributed by atoms with Crippen molar-refractivity contribution in [1.82, 2.24) is 10.2 Å². The van der Waals surface area contributed by atoms with Crippen molar-refractivity contribution in [1.29, 1.82) is 0 Å². The van der Waals surface area contributed by atoms with Gasteiger partial charge in [0.25, 0.3) is 11.8 Å². The van der Waals surface area contributed by atoms with Gasteiger partial charge in [0.05, 0.1) is 10.6 Å². The highest BCUT2D eigenvalue weighted by Gasteiger charge is 2.26. The first kappa shape index (κ1) is 21.7. The van der Waals surface area contributed by atoms with Gasteiger partial charge in [-0.3, -0.25) is 9.59 Å². The van der Waals surface area contributed by atoms with Gasteiger partial charge in [0.1, 0.15) is 0 Å². The molecule has 1 heterocycles. The van der Waals surface area contributed by atoms with Gasteiger partial charge in [-0.25, -0.2) is 0 Å². The summed E-state index contributed by atoms with van der Waals surface area (Å²) in [5, 5.41) is 3.95. The van der Waals surface area contributed by atoms with E-state index in [4.69, 9.17) is 23.2 Å². The summed E-state index contributed by atoms with van der Waals surface area (Å²) < 4.78 is 0. The van der Waals surface area contributed by atoms with Crippen LogP contribution in [0.3, 0.4) is 0 Å². The van der Waals surface area contributed by atoms with Crippen molar-refractivity contribution in [3.63, 3.8) is 0 Å². The first-order valence-corrected chi connectivity index (χ1v) is 10.6. The van der Waals surface area contributed by atoms with Gasteiger partial charge in [0, 0.05) is 29.7 Å². The Bertz CT molecular complexity index is 896. The maximum Gasteiger partial charge on any atom is 0.255 e. The van der Waals surface area contributed by atoms with Gasteiger partial charge in [0.2, 0.25) is 0 Å². The van der Waals surface area contributed by atoms with Crippen LogP contribution in [0.1, 0.15) is 59.9 Å². The highest BCUT2D eigenvalue weighted by atomic mass is 35.5. The number of hydrogen-bond donors (Lipinski definition) is 1. The van der Waals surface area contributed by atoms with E-state index in [2.05, 4.69) is 26.1 Å². The fraction of sp³-hybridized carbons (Fsp3) is 0.391. The summed E-state index contributed by atoms with van der Waals surface area (Å²) >= 11 is 12.1. The third-order valence-corrected chi connectivity index (χ3v) is 5.84. The Balaban J connectivity index is 1.55. The molecule has 29 heavy (non-hydrogen) atoms. The van der Waals surface area contributed by atoms with Gasteiger partial charge in [-0.05, 0) is 54.2 Å². The molecule has 0 atom stereocenters. The van der Waals surface area contributed by atoms with E-state index >= 15 is 0 Å². The number of likely N-dealkylation sites (tertiary alicyclic amines) is 1. The molecular formula is C23H26Cl2N2O2. The van der Waals surface area contributed by atoms with Gasteiger partial charge in [-0.15, -0.1) is 0 Å². The lowest BCUT2D eigenvalue weighted by atomic mass is 9.86. The molecule has 6 heteroatoms. The van der Waals surface area contributed by atoms with E-state index in [1.165, 1.54) is 5.56 Å². The van der Waals surface area contributed by atoms with Crippen LogP contribution in [0.25, 0.3) is 0 Å². The first-order valence-electron chi connectivity index (χ1n) is 9.81. The molecule has 154 valence electrons. The molecule has 0 radical (unpaired) electrons. The predicted molar refractivity (Wildman–Crippen MR) is 118 cm³/mol. The van der Waals surface area contributed by atoms with Gasteiger partial charge >= 0.3 is 0 Å². The van der Waals surface area contributed by atoms with Gasteiger partial charge < -0.3 is 10.2 Å². The summed E-state index contributed by atoms with van der Waals surface area (Å²) in [5.74, 6) is -0.176. The van der Waals surface area contributed by atoms with Crippen LogP contribution in [0.4, 0.5) is 0 Å². The van der Waals surface area contributed by atoms with Crippen molar-refractivity contribution in [3.8, 4) is 0 Å². The van der Waals surface area contributed by atoms with Crippen LogP contribution in [0, 0.1) is 0 Å². The van der Waals surface area contributed by atoms with Crippen molar-refractivity contribution >= 4 is 35.0 Å². The second-order valence-corrected chi connectivity index (χ2v) is 9.34. The molecule has 1 N–H and O–H groups in total. The number of piperidine rings is 1. The van der Waals surface area contributed by atoms with E-state index in [1.54, 1.807) is 23.1 Å². The molecule has 3 rings (SSSR count). The van der Waals surface area contributed by atoms with Crippen molar-refractivity contribution in [2.75, 3.05) is 13.1 Å². The number of carbonyl (C=O) groups is 2. The fourth-order valence-corrected chi connectivity index (χ4v) is 3.94. The molecule has 2 amide bonds. The first-order chi connectivity index (χ1) is 13.6. The summed E-state index contributed by atoms with van der Waals surface area (Å²) in [4.78, 5) is 27.0. The molecule has 1 saturated heterocycles. The second kappa shape index (κ2) is 8.76. The molecular weight excluding hydrogens is 407 g/mol. The molecule has 0 saturated carbocycles. The van der Waals surface area contributed by atoms with Crippen molar-refractivity contribution in [2.24, 2.45) is 0 Å². The average molecular weight is 433 g/mol. The molecule has 2 aromatic rings. The van der Waals surface area contributed by atoms with Crippen LogP contribution in [-0.4, -0.2) is 35.8 Å². The summed E-state index contributed by atoms with van der Waals surface area (Å²) in [6.45, 7) is 7.59. The zero-order chi connectivity index (χ0) is 21.2. The largest absolute Gasteiger partial charge is 0.349 e. The minimum absolute atomic E-state index is 0.0505. The molecule has 0 aromatic heterocycles. The summed E-state index contributed by atoms with van der Waals surface area (Å²) in [6.07, 6.45) is 1.42. The van der Waals surface area contributed by atoms with Crippen molar-refractivity contribution < 1.29 is 9.59 Å². The van der Waals surface area contributed by atoms with E-state index in [0.29, 0.717) is 47.1 Å². The lowest BCUT2D eigenvalue weighted by Crippen LogP contribution is -2.46. The lowest BCUT2D eigenvalue weighted by molar-refractivity contribution is 0.0698. The minimum Gasteiger partial charge on any atom is -0.349 e. The van der Waals surface area contributed by atoms with Gasteiger partial charge in [-0.2, -0.15) is 0 Å². The van der Waals surface area contributed by atoms with E-state index < -0.39 is 0 Å². The molecule has 0 bridgehead atoms. The van der Waals surface area contributed by atoms with Crippen LogP contribution in [-0.2, 0) is 5.41 Å². The smallest absolute Gasteiger partial charge is 0.255 e. The number of rotatable bonds is 3. The molecule has 2 aromatic carbocycles. The molecule has 4 nitrogen and oxygen atoms in total. The second-order valence-electron chi connectivity index (χ2n) is 8.49. The van der Waals surface area contributed by atoms with E-state index in [1.807, 2.05) is 24.3 Å². The Kier molecular flexibility index (Phi) is 6.55. The number of nitrogens with zero attached hydrogens (tertiary/aromatic N) is 1. The highest BCUT2D eigenvalue weighted by Crippen LogP contribution is 2.24. The lowest BCUT2D eigenvalue weighted by Gasteiger charge is -2.32. The number of nitrogens with one attached hydrogen (secondary N) is 1. The Hall–Kier alpha value is -2.04. The highest BCUT2D eigenvalue weighted by molar-refractivity contribution is 6.36. The fourth-order valence-electron chi connectivity index (χ4n) is 3.45. The monoisotopic (exact) mass is 432 g/mol. The molecule has 1 fully saturated rings. The van der Waals surface area contributed by atoms with Crippen LogP contribution in [0.2, 0.25) is 10.0 Å². The summed E-state index contributed by atoms with van der Waals surface area (Å²) in [5.41, 5.74) is 2.37. The SMILES string of the molecule is CC(C)(C)c1ccc(C(=O)NC2CCN(C(=O)c3ccc(Cl)cc3Cl)CC2)cc1. The van der Waals surface area contributed by atoms with Crippen LogP contribution >= 0.6 is 23.2 Å². The topological polar surface area (TPSA) is 49.4 Å². The zero-order valence-corrected chi connectivity index (χ0v) is 18.5. The standard InChI is InChI=1S/C23H26Cl2N2O2/c1-23(2,3)16-6-4-15(5-7-16)21(28)26-18-10-12-27(13-11-18)22(29)19-9-8-17(24)14-20(19)25/h4-9,14,18H,10-13H2,1-3H3,(H,26,28). The minimum atomic E-state index is -0.103. The normalized spacial score (nSPS) is 15.3. The van der Waals surface area contributed by atoms with E-state index in [-0.39, 0.29) is 23.3 Å². The molecule has 0 aliphatic carbocycles. The molecule has 1 aliphatic rings. The molecule has 0 unspecified atom stereocenters. The van der Waals surface area contributed by atoms with Crippen LogP contribution in [0.5, 0.6) is 0 Å². The van der Waals surface area contributed by atoms with Gasteiger partial charge in [0.15, 0.2) is 0 Å². The number of halogens is 2. The third-order valence-electron chi connectivity index (χ3n) is 5.29. The number of hydrogen-bond acceptors (Lipinski definition) is 2. The Morgan fingerprint density at radius 3 is 2.17 bits per heavy atom. The Labute approximate surface area is 182 Å². The Morgan fingerprint density at radius 1 is 1.00 bits per heavy atom. The number of amides is 2. The van der Waals surface area contributed by atoms with Crippen molar-refractivity contribution in [3.05, 3.63) is 69.2 Å². The number of carbonyl (C=O) groups excluding carboxylic acids is 2. The third kappa shape index (κ3) is 5.31. The van der Waals surface area contributed by atoms with Crippen LogP contribution in [0.15, 0.2) is 42.5 Å².